The van der Waals surface area contributed by atoms with Crippen molar-refractivity contribution in [1.82, 2.24) is 0 Å². The second-order valence-corrected chi connectivity index (χ2v) is 5.10. The normalized spacial score (nSPS) is 10.0. The molecule has 0 saturated carbocycles. The molecule has 128 valence electrons. The minimum atomic E-state index is 0.155. The monoisotopic (exact) mass is 328 g/mol. The summed E-state index contributed by atoms with van der Waals surface area (Å²) in [6.45, 7) is 7.65. The van der Waals surface area contributed by atoms with Gasteiger partial charge in [-0.05, 0) is 49.2 Å². The smallest absolute Gasteiger partial charge is 0.161 e. The molecule has 2 aromatic carbocycles. The lowest BCUT2D eigenvalue weighted by atomic mass is 10.1. The van der Waals surface area contributed by atoms with Gasteiger partial charge in [-0.25, -0.2) is 0 Å². The maximum Gasteiger partial charge on any atom is 0.161 e. The fourth-order valence-corrected chi connectivity index (χ4v) is 1.93. The summed E-state index contributed by atoms with van der Waals surface area (Å²) in [4.78, 5) is 0. The van der Waals surface area contributed by atoms with Crippen LogP contribution in [0.5, 0.6) is 23.0 Å². The van der Waals surface area contributed by atoms with E-state index in [-0.39, 0.29) is 11.5 Å². The maximum absolute atomic E-state index is 9.26. The Morgan fingerprint density at radius 2 is 1.50 bits per heavy atom. The molecule has 0 bridgehead atoms. The van der Waals surface area contributed by atoms with Crippen LogP contribution in [0.3, 0.4) is 0 Å². The van der Waals surface area contributed by atoms with E-state index >= 15 is 0 Å². The van der Waals surface area contributed by atoms with E-state index in [1.54, 1.807) is 30.3 Å². The van der Waals surface area contributed by atoms with Gasteiger partial charge in [0.1, 0.15) is 0 Å². The first-order chi connectivity index (χ1) is 11.4. The number of aromatic hydroxyl groups is 2. The van der Waals surface area contributed by atoms with Crippen molar-refractivity contribution in [3.05, 3.63) is 60.2 Å². The molecule has 0 aromatic heterocycles. The lowest BCUT2D eigenvalue weighted by Gasteiger charge is -2.05. The van der Waals surface area contributed by atoms with Crippen LogP contribution in [0, 0.1) is 0 Å². The Hall–Kier alpha value is -2.88. The van der Waals surface area contributed by atoms with Crippen LogP contribution in [-0.2, 0) is 0 Å². The predicted molar refractivity (Wildman–Crippen MR) is 98.7 cm³/mol. The molecule has 0 saturated heterocycles. The van der Waals surface area contributed by atoms with Gasteiger partial charge in [0.05, 0.1) is 14.2 Å². The lowest BCUT2D eigenvalue weighted by molar-refractivity contribution is 0.373. The van der Waals surface area contributed by atoms with Crippen molar-refractivity contribution in [2.45, 2.75) is 13.8 Å². The van der Waals surface area contributed by atoms with Crippen LogP contribution in [0.2, 0.25) is 0 Å². The van der Waals surface area contributed by atoms with Crippen LogP contribution in [0.15, 0.2) is 49.1 Å². The van der Waals surface area contributed by atoms with Crippen molar-refractivity contribution in [2.24, 2.45) is 0 Å². The summed E-state index contributed by atoms with van der Waals surface area (Å²) in [5.74, 6) is 1.31. The second kappa shape index (κ2) is 9.30. The molecule has 4 heteroatoms. The number of hydrogen-bond donors (Lipinski definition) is 2. The van der Waals surface area contributed by atoms with E-state index in [4.69, 9.17) is 9.47 Å². The first-order valence-corrected chi connectivity index (χ1v) is 7.45. The van der Waals surface area contributed by atoms with Gasteiger partial charge in [0.15, 0.2) is 23.0 Å². The van der Waals surface area contributed by atoms with Crippen molar-refractivity contribution < 1.29 is 19.7 Å². The fourth-order valence-electron chi connectivity index (χ4n) is 1.93. The molecule has 2 rings (SSSR count). The standard InChI is InChI=1S/2C10H12O2/c1-7(2)8-4-5-9(11)10(6-8)12-3;1-3-4-8-5-6-9(11)10(7-8)12-2/h4-6,11H,1H2,2-3H3;3-7,11H,1-2H3. The number of hydrogen-bond acceptors (Lipinski definition) is 4. The Labute approximate surface area is 143 Å². The largest absolute Gasteiger partial charge is 0.504 e. The number of ether oxygens (including phenoxy) is 2. The van der Waals surface area contributed by atoms with Gasteiger partial charge >= 0.3 is 0 Å². The number of phenolic OH excluding ortho intramolecular Hbond substituents is 2. The van der Waals surface area contributed by atoms with Crippen molar-refractivity contribution in [2.75, 3.05) is 14.2 Å². The second-order valence-electron chi connectivity index (χ2n) is 5.10. The molecule has 0 aliphatic carbocycles. The van der Waals surface area contributed by atoms with E-state index < -0.39 is 0 Å². The Bertz CT molecular complexity index is 718. The molecule has 0 heterocycles. The average molecular weight is 328 g/mol. The van der Waals surface area contributed by atoms with E-state index in [0.717, 1.165) is 16.7 Å². The summed E-state index contributed by atoms with van der Waals surface area (Å²) in [5.41, 5.74) is 2.95. The summed E-state index contributed by atoms with van der Waals surface area (Å²) in [7, 11) is 3.06. The molecule has 2 N–H and O–H groups in total. The van der Waals surface area contributed by atoms with Gasteiger partial charge < -0.3 is 19.7 Å². The first kappa shape index (κ1) is 19.2. The molecule has 0 unspecified atom stereocenters. The van der Waals surface area contributed by atoms with Crippen molar-refractivity contribution in [3.8, 4) is 23.0 Å². The molecule has 0 aliphatic heterocycles. The number of rotatable bonds is 4. The third kappa shape index (κ3) is 5.39. The highest BCUT2D eigenvalue weighted by Gasteiger charge is 2.02. The van der Waals surface area contributed by atoms with Crippen LogP contribution in [0.25, 0.3) is 11.6 Å². The molecule has 4 nitrogen and oxygen atoms in total. The third-order valence-electron chi connectivity index (χ3n) is 3.24. The van der Waals surface area contributed by atoms with Gasteiger partial charge in [-0.3, -0.25) is 0 Å². The lowest BCUT2D eigenvalue weighted by Crippen LogP contribution is -1.85. The van der Waals surface area contributed by atoms with E-state index in [9.17, 15) is 10.2 Å². The van der Waals surface area contributed by atoms with Gasteiger partial charge in [-0.15, -0.1) is 0 Å². The van der Waals surface area contributed by atoms with Crippen LogP contribution in [-0.4, -0.2) is 24.4 Å². The number of methoxy groups -OCH3 is 2. The van der Waals surface area contributed by atoms with Gasteiger partial charge in [-0.1, -0.05) is 36.4 Å². The van der Waals surface area contributed by atoms with Gasteiger partial charge in [-0.2, -0.15) is 0 Å². The molecule has 0 radical (unpaired) electrons. The fraction of sp³-hybridized carbons (Fsp3) is 0.200. The van der Waals surface area contributed by atoms with E-state index in [1.165, 1.54) is 14.2 Å². The predicted octanol–water partition coefficient (Wildman–Crippen LogP) is 4.87. The SMILES string of the molecule is C=C(C)c1ccc(O)c(OC)c1.CC=Cc1ccc(O)c(OC)c1. The van der Waals surface area contributed by atoms with Crippen LogP contribution < -0.4 is 9.47 Å². The molecule has 0 spiro atoms. The summed E-state index contributed by atoms with van der Waals surface area (Å²) >= 11 is 0. The Morgan fingerprint density at radius 3 is 2.00 bits per heavy atom. The Kier molecular flexibility index (Phi) is 7.43. The topological polar surface area (TPSA) is 58.9 Å². The summed E-state index contributed by atoms with van der Waals surface area (Å²) in [6, 6.07) is 10.4. The molecular weight excluding hydrogens is 304 g/mol. The van der Waals surface area contributed by atoms with E-state index in [0.29, 0.717) is 11.5 Å². The molecule has 0 atom stereocenters. The van der Waals surface area contributed by atoms with E-state index in [2.05, 4.69) is 6.58 Å². The van der Waals surface area contributed by atoms with Crippen molar-refractivity contribution in [1.29, 1.82) is 0 Å². The first-order valence-electron chi connectivity index (χ1n) is 7.45. The summed E-state index contributed by atoms with van der Waals surface area (Å²) in [6.07, 6.45) is 3.88. The zero-order chi connectivity index (χ0) is 18.1. The van der Waals surface area contributed by atoms with Crippen LogP contribution in [0.4, 0.5) is 0 Å². The zero-order valence-corrected chi connectivity index (χ0v) is 14.5. The molecule has 2 aromatic rings. The summed E-state index contributed by atoms with van der Waals surface area (Å²) < 4.78 is 9.89. The molecule has 0 amide bonds. The van der Waals surface area contributed by atoms with Gasteiger partial charge in [0.25, 0.3) is 0 Å². The van der Waals surface area contributed by atoms with Crippen LogP contribution in [0.1, 0.15) is 25.0 Å². The Balaban J connectivity index is 0.000000240. The van der Waals surface area contributed by atoms with Gasteiger partial charge in [0.2, 0.25) is 0 Å². The number of phenols is 2. The minimum Gasteiger partial charge on any atom is -0.504 e. The van der Waals surface area contributed by atoms with Gasteiger partial charge in [0, 0.05) is 0 Å². The molecule has 0 fully saturated rings. The highest BCUT2D eigenvalue weighted by atomic mass is 16.5. The molecule has 24 heavy (non-hydrogen) atoms. The average Bonchev–Trinajstić information content (AvgIpc) is 2.57. The number of allylic oxidation sites excluding steroid dienone is 2. The maximum atomic E-state index is 9.26. The highest BCUT2D eigenvalue weighted by Crippen LogP contribution is 2.28. The quantitative estimate of drug-likeness (QED) is 0.841. The minimum absolute atomic E-state index is 0.155. The Morgan fingerprint density at radius 1 is 0.958 bits per heavy atom. The highest BCUT2D eigenvalue weighted by molar-refractivity contribution is 5.64. The zero-order valence-electron chi connectivity index (χ0n) is 14.5. The summed E-state index contributed by atoms with van der Waals surface area (Å²) in [5, 5.41) is 18.5. The molecular formula is C20H24O4. The number of benzene rings is 2. The third-order valence-corrected chi connectivity index (χ3v) is 3.24. The van der Waals surface area contributed by atoms with E-state index in [1.807, 2.05) is 32.1 Å². The molecule has 0 aliphatic rings. The van der Waals surface area contributed by atoms with Crippen molar-refractivity contribution in [3.63, 3.8) is 0 Å². The van der Waals surface area contributed by atoms with Crippen molar-refractivity contribution >= 4 is 11.6 Å². The van der Waals surface area contributed by atoms with Crippen LogP contribution >= 0.6 is 0 Å².